The van der Waals surface area contributed by atoms with Gasteiger partial charge in [0.15, 0.2) is 11.5 Å². The number of nitrogens with one attached hydrogen (secondary N) is 1. The van der Waals surface area contributed by atoms with Crippen molar-refractivity contribution >= 4 is 0 Å². The van der Waals surface area contributed by atoms with Crippen molar-refractivity contribution in [3.05, 3.63) is 23.8 Å². The Balaban J connectivity index is 1.55. The summed E-state index contributed by atoms with van der Waals surface area (Å²) in [7, 11) is 0. The summed E-state index contributed by atoms with van der Waals surface area (Å²) in [6.45, 7) is 3.34. The van der Waals surface area contributed by atoms with Crippen molar-refractivity contribution in [2.45, 2.75) is 32.2 Å². The Morgan fingerprint density at radius 1 is 1.10 bits per heavy atom. The number of benzene rings is 1. The molecule has 4 nitrogen and oxygen atoms in total. The maximum Gasteiger partial charge on any atom is 0.165 e. The van der Waals surface area contributed by atoms with Gasteiger partial charge in [-0.05, 0) is 37.3 Å². The van der Waals surface area contributed by atoms with Crippen molar-refractivity contribution in [3.8, 4) is 11.5 Å². The van der Waals surface area contributed by atoms with Gasteiger partial charge in [-0.1, -0.05) is 25.0 Å². The van der Waals surface area contributed by atoms with Crippen LogP contribution >= 0.6 is 0 Å². The van der Waals surface area contributed by atoms with Crippen LogP contribution < -0.4 is 14.8 Å². The third kappa shape index (κ3) is 3.50. The van der Waals surface area contributed by atoms with E-state index in [2.05, 4.69) is 11.4 Å². The van der Waals surface area contributed by atoms with E-state index in [0.717, 1.165) is 30.2 Å². The molecular formula is C17H25NO3. The number of aliphatic hydroxyl groups excluding tert-OH is 1. The Labute approximate surface area is 126 Å². The number of aliphatic hydroxyl groups is 1. The van der Waals surface area contributed by atoms with Crippen molar-refractivity contribution in [2.24, 2.45) is 11.8 Å². The molecule has 3 rings (SSSR count). The van der Waals surface area contributed by atoms with Crippen LogP contribution in [0.15, 0.2) is 18.2 Å². The van der Waals surface area contributed by atoms with Gasteiger partial charge in [0.25, 0.3) is 0 Å². The monoisotopic (exact) mass is 291 g/mol. The third-order valence-electron chi connectivity index (χ3n) is 4.67. The van der Waals surface area contributed by atoms with E-state index in [4.69, 9.17) is 9.47 Å². The predicted octanol–water partition coefficient (Wildman–Crippen LogP) is 2.35. The number of fused-ring (bicyclic) bond motifs is 1. The Kier molecular flexibility index (Phi) is 4.99. The van der Waals surface area contributed by atoms with Gasteiger partial charge in [-0.15, -0.1) is 0 Å². The Hall–Kier alpha value is -1.26. The average Bonchev–Trinajstić information content (AvgIpc) is 2.55. The molecule has 1 fully saturated rings. The van der Waals surface area contributed by atoms with Crippen LogP contribution in [-0.4, -0.2) is 31.5 Å². The number of hydrogen-bond acceptors (Lipinski definition) is 4. The van der Waals surface area contributed by atoms with E-state index < -0.39 is 0 Å². The second kappa shape index (κ2) is 7.14. The number of para-hydroxylation sites is 1. The lowest BCUT2D eigenvalue weighted by Gasteiger charge is -2.30. The van der Waals surface area contributed by atoms with Gasteiger partial charge in [0.1, 0.15) is 13.2 Å². The minimum atomic E-state index is 0.323. The van der Waals surface area contributed by atoms with Crippen molar-refractivity contribution in [1.29, 1.82) is 0 Å². The molecule has 2 N–H and O–H groups in total. The fourth-order valence-electron chi connectivity index (χ4n) is 3.46. The van der Waals surface area contributed by atoms with Crippen LogP contribution in [0.3, 0.4) is 0 Å². The van der Waals surface area contributed by atoms with E-state index in [1.54, 1.807) is 0 Å². The van der Waals surface area contributed by atoms with Gasteiger partial charge in [-0.2, -0.15) is 0 Å². The summed E-state index contributed by atoms with van der Waals surface area (Å²) in [4.78, 5) is 0. The molecule has 2 unspecified atom stereocenters. The molecule has 1 heterocycles. The summed E-state index contributed by atoms with van der Waals surface area (Å²) in [6.07, 6.45) is 4.95. The lowest BCUT2D eigenvalue weighted by atomic mass is 9.79. The first-order valence-corrected chi connectivity index (χ1v) is 8.07. The number of rotatable bonds is 5. The molecule has 0 spiro atoms. The van der Waals surface area contributed by atoms with Gasteiger partial charge >= 0.3 is 0 Å². The summed E-state index contributed by atoms with van der Waals surface area (Å²) in [5, 5.41) is 13.0. The topological polar surface area (TPSA) is 50.7 Å². The van der Waals surface area contributed by atoms with Gasteiger partial charge in [-0.25, -0.2) is 0 Å². The molecule has 0 aromatic heterocycles. The first-order chi connectivity index (χ1) is 10.4. The van der Waals surface area contributed by atoms with Crippen LogP contribution in [0.2, 0.25) is 0 Å². The number of hydrogen-bond donors (Lipinski definition) is 2. The largest absolute Gasteiger partial charge is 0.486 e. The highest BCUT2D eigenvalue weighted by atomic mass is 16.6. The van der Waals surface area contributed by atoms with Crippen LogP contribution in [0, 0.1) is 11.8 Å². The molecule has 1 saturated carbocycles. The molecule has 1 aliphatic carbocycles. The van der Waals surface area contributed by atoms with Crippen LogP contribution in [0.1, 0.15) is 31.2 Å². The SMILES string of the molecule is OCC1CCCCC1CNCc1cccc2c1OCCO2. The second-order valence-electron chi connectivity index (χ2n) is 6.06. The molecule has 1 aromatic rings. The van der Waals surface area contributed by atoms with Gasteiger partial charge in [0, 0.05) is 18.7 Å². The Morgan fingerprint density at radius 2 is 1.90 bits per heavy atom. The summed E-state index contributed by atoms with van der Waals surface area (Å²) >= 11 is 0. The Bertz CT molecular complexity index is 463. The summed E-state index contributed by atoms with van der Waals surface area (Å²) in [6, 6.07) is 6.06. The maximum absolute atomic E-state index is 9.47. The summed E-state index contributed by atoms with van der Waals surface area (Å²) in [5.74, 6) is 2.81. The maximum atomic E-state index is 9.47. The minimum absolute atomic E-state index is 0.323. The zero-order chi connectivity index (χ0) is 14.5. The van der Waals surface area contributed by atoms with E-state index in [1.807, 2.05) is 12.1 Å². The van der Waals surface area contributed by atoms with Crippen molar-refractivity contribution in [2.75, 3.05) is 26.4 Å². The zero-order valence-corrected chi connectivity index (χ0v) is 12.5. The van der Waals surface area contributed by atoms with Crippen molar-refractivity contribution in [1.82, 2.24) is 5.32 Å². The average molecular weight is 291 g/mol. The standard InChI is InChI=1S/C17H25NO3/c19-12-15-5-2-1-4-13(15)10-18-11-14-6-3-7-16-17(14)21-9-8-20-16/h3,6-7,13,15,18-19H,1-2,4-5,8-12H2. The molecule has 21 heavy (non-hydrogen) atoms. The van der Waals surface area contributed by atoms with E-state index in [9.17, 15) is 5.11 Å². The highest BCUT2D eigenvalue weighted by molar-refractivity contribution is 5.47. The van der Waals surface area contributed by atoms with Crippen LogP contribution in [0.5, 0.6) is 11.5 Å². The van der Waals surface area contributed by atoms with E-state index >= 15 is 0 Å². The molecule has 4 heteroatoms. The normalized spacial score (nSPS) is 24.8. The molecule has 1 aromatic carbocycles. The first kappa shape index (κ1) is 14.7. The zero-order valence-electron chi connectivity index (χ0n) is 12.5. The van der Waals surface area contributed by atoms with Crippen LogP contribution in [0.25, 0.3) is 0 Å². The lowest BCUT2D eigenvalue weighted by molar-refractivity contribution is 0.132. The van der Waals surface area contributed by atoms with Crippen LogP contribution in [-0.2, 0) is 6.54 Å². The molecule has 2 atom stereocenters. The van der Waals surface area contributed by atoms with Gasteiger partial charge in [-0.3, -0.25) is 0 Å². The third-order valence-corrected chi connectivity index (χ3v) is 4.67. The Morgan fingerprint density at radius 3 is 2.76 bits per heavy atom. The highest BCUT2D eigenvalue weighted by Crippen LogP contribution is 2.34. The fourth-order valence-corrected chi connectivity index (χ4v) is 3.46. The smallest absolute Gasteiger partial charge is 0.165 e. The molecule has 0 saturated heterocycles. The van der Waals surface area contributed by atoms with Gasteiger partial charge in [0.2, 0.25) is 0 Å². The molecule has 0 amide bonds. The van der Waals surface area contributed by atoms with E-state index in [0.29, 0.717) is 31.7 Å². The lowest BCUT2D eigenvalue weighted by Crippen LogP contribution is -2.32. The van der Waals surface area contributed by atoms with Crippen LogP contribution in [0.4, 0.5) is 0 Å². The molecular weight excluding hydrogens is 266 g/mol. The number of ether oxygens (including phenoxy) is 2. The highest BCUT2D eigenvalue weighted by Gasteiger charge is 2.24. The minimum Gasteiger partial charge on any atom is -0.486 e. The quantitative estimate of drug-likeness (QED) is 0.874. The summed E-state index contributed by atoms with van der Waals surface area (Å²) in [5.41, 5.74) is 1.16. The predicted molar refractivity (Wildman–Crippen MR) is 81.7 cm³/mol. The molecule has 116 valence electrons. The van der Waals surface area contributed by atoms with Crippen molar-refractivity contribution in [3.63, 3.8) is 0 Å². The second-order valence-corrected chi connectivity index (χ2v) is 6.06. The summed E-state index contributed by atoms with van der Waals surface area (Å²) < 4.78 is 11.3. The first-order valence-electron chi connectivity index (χ1n) is 8.07. The molecule has 0 bridgehead atoms. The molecule has 2 aliphatic rings. The fraction of sp³-hybridized carbons (Fsp3) is 0.647. The van der Waals surface area contributed by atoms with Crippen molar-refractivity contribution < 1.29 is 14.6 Å². The van der Waals surface area contributed by atoms with Gasteiger partial charge < -0.3 is 19.9 Å². The molecule has 0 radical (unpaired) electrons. The van der Waals surface area contributed by atoms with Gasteiger partial charge in [0.05, 0.1) is 0 Å². The van der Waals surface area contributed by atoms with E-state index in [1.165, 1.54) is 25.7 Å². The molecule has 1 aliphatic heterocycles. The van der Waals surface area contributed by atoms with E-state index in [-0.39, 0.29) is 0 Å².